The van der Waals surface area contributed by atoms with Gasteiger partial charge in [0, 0.05) is 37.7 Å². The fourth-order valence-electron chi connectivity index (χ4n) is 7.33. The van der Waals surface area contributed by atoms with E-state index in [-0.39, 0.29) is 45.9 Å². The van der Waals surface area contributed by atoms with Crippen molar-refractivity contribution < 1.29 is 49.8 Å². The third-order valence-electron chi connectivity index (χ3n) is 10.1. The Morgan fingerprint density at radius 2 is 1.50 bits per heavy atom. The summed E-state index contributed by atoms with van der Waals surface area (Å²) in [6, 6.07) is 11.6. The molecule has 6 rings (SSSR count). The molecule has 2 fully saturated rings. The summed E-state index contributed by atoms with van der Waals surface area (Å²) < 4.78 is 115. The van der Waals surface area contributed by atoms with Gasteiger partial charge < -0.3 is 15.0 Å². The number of alkyl halides is 8. The number of aliphatic carboxylic acids is 1. The van der Waals surface area contributed by atoms with Gasteiger partial charge in [-0.05, 0) is 53.9 Å². The van der Waals surface area contributed by atoms with E-state index in [1.165, 1.54) is 72.6 Å². The van der Waals surface area contributed by atoms with E-state index >= 15 is 0 Å². The number of carboxylic acids is 1. The SMILES string of the molecule is Cn1c(=O)c(-c2cccc3c(C[C@H](NC(=O)C4(C(F)(F)F)CCN(C5CC(F)(F)C5)CC4)C(=O)O)cccc23)c(C(F)(F)F)c2ccccc21. The van der Waals surface area contributed by atoms with Crippen LogP contribution < -0.4 is 10.9 Å². The van der Waals surface area contributed by atoms with Crippen LogP contribution in [0.4, 0.5) is 35.1 Å². The molecular formula is C35H31F8N3O4. The molecule has 1 amide bonds. The Morgan fingerprint density at radius 3 is 2.10 bits per heavy atom. The molecule has 1 aliphatic heterocycles. The van der Waals surface area contributed by atoms with Gasteiger partial charge in [0.15, 0.2) is 0 Å². The molecule has 0 unspecified atom stereocenters. The number of benzene rings is 3. The van der Waals surface area contributed by atoms with Crippen molar-refractivity contribution in [3.05, 3.63) is 82.1 Å². The molecule has 4 aromatic rings. The summed E-state index contributed by atoms with van der Waals surface area (Å²) in [7, 11) is 1.34. The van der Waals surface area contributed by atoms with Crippen LogP contribution >= 0.6 is 0 Å². The van der Waals surface area contributed by atoms with Crippen LogP contribution in [0, 0.1) is 5.41 Å². The number of carboxylic acid groups (broad SMARTS) is 1. The van der Waals surface area contributed by atoms with Gasteiger partial charge >= 0.3 is 18.3 Å². The normalized spacial score (nSPS) is 18.9. The molecular weight excluding hydrogens is 678 g/mol. The summed E-state index contributed by atoms with van der Waals surface area (Å²) >= 11 is 0. The van der Waals surface area contributed by atoms with Gasteiger partial charge in [0.2, 0.25) is 5.91 Å². The Kier molecular flexibility index (Phi) is 8.72. The topological polar surface area (TPSA) is 91.6 Å². The van der Waals surface area contributed by atoms with Crippen molar-refractivity contribution in [3.8, 4) is 11.1 Å². The van der Waals surface area contributed by atoms with Crippen LogP contribution in [0.3, 0.4) is 0 Å². The van der Waals surface area contributed by atoms with Gasteiger partial charge in [-0.3, -0.25) is 14.5 Å². The van der Waals surface area contributed by atoms with Crippen LogP contribution in [0.1, 0.15) is 36.8 Å². The predicted octanol–water partition coefficient (Wildman–Crippen LogP) is 6.93. The molecule has 2 N–H and O–H groups in total. The second-order valence-corrected chi connectivity index (χ2v) is 13.0. The van der Waals surface area contributed by atoms with E-state index in [2.05, 4.69) is 0 Å². The summed E-state index contributed by atoms with van der Waals surface area (Å²) in [5.74, 6) is -6.10. The number of aryl methyl sites for hydroxylation is 1. The average molecular weight is 710 g/mol. The van der Waals surface area contributed by atoms with Crippen molar-refractivity contribution in [2.45, 2.75) is 62.5 Å². The Hall–Kier alpha value is -4.53. The van der Waals surface area contributed by atoms with Crippen molar-refractivity contribution in [2.24, 2.45) is 12.5 Å². The van der Waals surface area contributed by atoms with Gasteiger partial charge in [-0.25, -0.2) is 13.6 Å². The number of hydrogen-bond acceptors (Lipinski definition) is 4. The first-order valence-corrected chi connectivity index (χ1v) is 15.8. The van der Waals surface area contributed by atoms with E-state index in [1.54, 1.807) is 0 Å². The molecule has 1 atom stereocenters. The molecule has 2 heterocycles. The number of nitrogens with one attached hydrogen (secondary N) is 1. The number of para-hydroxylation sites is 1. The Bertz CT molecular complexity index is 2040. The Balaban J connectivity index is 1.34. The fraction of sp³-hybridized carbons (Fsp3) is 0.400. The number of rotatable bonds is 7. The Morgan fingerprint density at radius 1 is 0.900 bits per heavy atom. The van der Waals surface area contributed by atoms with Crippen LogP contribution in [0.25, 0.3) is 32.8 Å². The standard InChI is InChI=1S/C35H31F8N3O4/c1-45-26-11-3-2-7-24(26)28(34(38,39)40)27(29(45)47)23-10-5-8-21-19(6-4-9-22(21)23)16-25(30(48)49)44-31(50)32(35(41,42)43)12-14-46(15-13-32)20-17-33(36,37)18-20/h2-11,20,25H,12-18H2,1H3,(H,44,50)(H,48,49)/t25-/m0/s1. The quantitative estimate of drug-likeness (QED) is 0.203. The van der Waals surface area contributed by atoms with Crippen molar-refractivity contribution >= 4 is 33.6 Å². The van der Waals surface area contributed by atoms with Gasteiger partial charge in [0.25, 0.3) is 11.5 Å². The van der Waals surface area contributed by atoms with Crippen molar-refractivity contribution in [3.63, 3.8) is 0 Å². The minimum atomic E-state index is -5.08. The summed E-state index contributed by atoms with van der Waals surface area (Å²) in [6.07, 6.45) is -13.0. The van der Waals surface area contributed by atoms with E-state index in [0.717, 1.165) is 4.57 Å². The maximum absolute atomic E-state index is 14.7. The highest BCUT2D eigenvalue weighted by atomic mass is 19.4. The molecule has 50 heavy (non-hydrogen) atoms. The molecule has 1 saturated carbocycles. The number of halogens is 8. The number of piperidine rings is 1. The summed E-state index contributed by atoms with van der Waals surface area (Å²) in [6.45, 7) is -0.572. The number of hydrogen-bond donors (Lipinski definition) is 2. The molecule has 7 nitrogen and oxygen atoms in total. The van der Waals surface area contributed by atoms with Crippen LogP contribution in [-0.4, -0.2) is 63.7 Å². The highest BCUT2D eigenvalue weighted by molar-refractivity contribution is 6.02. The average Bonchev–Trinajstić information content (AvgIpc) is 3.03. The van der Waals surface area contributed by atoms with E-state index in [0.29, 0.717) is 0 Å². The number of likely N-dealkylation sites (tertiary alicyclic amines) is 1. The maximum atomic E-state index is 14.7. The third-order valence-corrected chi connectivity index (χ3v) is 10.1. The predicted molar refractivity (Wildman–Crippen MR) is 168 cm³/mol. The van der Waals surface area contributed by atoms with Crippen LogP contribution in [0.2, 0.25) is 0 Å². The number of carbonyl (C=O) groups is 2. The van der Waals surface area contributed by atoms with E-state index in [9.17, 15) is 54.6 Å². The highest BCUT2D eigenvalue weighted by Gasteiger charge is 2.62. The summed E-state index contributed by atoms with van der Waals surface area (Å²) in [4.78, 5) is 40.8. The van der Waals surface area contributed by atoms with Gasteiger partial charge in [0.1, 0.15) is 11.5 Å². The molecule has 2 aliphatic rings. The second-order valence-electron chi connectivity index (χ2n) is 13.0. The summed E-state index contributed by atoms with van der Waals surface area (Å²) in [5, 5.41) is 12.2. The van der Waals surface area contributed by atoms with Gasteiger partial charge in [0.05, 0.1) is 16.6 Å². The van der Waals surface area contributed by atoms with Crippen LogP contribution in [0.5, 0.6) is 0 Å². The molecule has 3 aromatic carbocycles. The maximum Gasteiger partial charge on any atom is 0.417 e. The molecule has 15 heteroatoms. The molecule has 1 aliphatic carbocycles. The zero-order chi connectivity index (χ0) is 36.4. The van der Waals surface area contributed by atoms with Crippen LogP contribution in [0.15, 0.2) is 65.5 Å². The van der Waals surface area contributed by atoms with Gasteiger partial charge in [-0.2, -0.15) is 26.3 Å². The number of aromatic nitrogens is 1. The minimum absolute atomic E-state index is 0.0569. The van der Waals surface area contributed by atoms with Crippen molar-refractivity contribution in [1.82, 2.24) is 14.8 Å². The highest BCUT2D eigenvalue weighted by Crippen LogP contribution is 2.49. The van der Waals surface area contributed by atoms with Crippen molar-refractivity contribution in [2.75, 3.05) is 13.1 Å². The van der Waals surface area contributed by atoms with Crippen molar-refractivity contribution in [1.29, 1.82) is 0 Å². The number of nitrogens with zero attached hydrogens (tertiary/aromatic N) is 2. The Labute approximate surface area is 279 Å². The zero-order valence-corrected chi connectivity index (χ0v) is 26.5. The van der Waals surface area contributed by atoms with E-state index in [1.807, 2.05) is 5.32 Å². The second kappa shape index (κ2) is 12.4. The lowest BCUT2D eigenvalue weighted by atomic mass is 9.74. The minimum Gasteiger partial charge on any atom is -0.480 e. The number of pyridine rings is 1. The van der Waals surface area contributed by atoms with E-state index < -0.39 is 96.4 Å². The first kappa shape index (κ1) is 35.3. The number of fused-ring (bicyclic) bond motifs is 2. The lowest BCUT2D eigenvalue weighted by Crippen LogP contribution is -2.61. The lowest BCUT2D eigenvalue weighted by molar-refractivity contribution is -0.237. The van der Waals surface area contributed by atoms with Gasteiger partial charge in [-0.1, -0.05) is 54.6 Å². The largest absolute Gasteiger partial charge is 0.480 e. The van der Waals surface area contributed by atoms with Crippen LogP contribution in [-0.2, 0) is 29.2 Å². The smallest absolute Gasteiger partial charge is 0.417 e. The monoisotopic (exact) mass is 709 g/mol. The lowest BCUT2D eigenvalue weighted by Gasteiger charge is -2.48. The number of carbonyl (C=O) groups excluding carboxylic acids is 1. The molecule has 1 aromatic heterocycles. The first-order chi connectivity index (χ1) is 23.3. The zero-order valence-electron chi connectivity index (χ0n) is 26.5. The molecule has 0 spiro atoms. The molecule has 0 bridgehead atoms. The molecule has 0 radical (unpaired) electrons. The molecule has 1 saturated heterocycles. The third kappa shape index (κ3) is 6.09. The van der Waals surface area contributed by atoms with Gasteiger partial charge in [-0.15, -0.1) is 0 Å². The molecule has 266 valence electrons. The number of amides is 1. The summed E-state index contributed by atoms with van der Waals surface area (Å²) in [5.41, 5.74) is -5.52. The van der Waals surface area contributed by atoms with E-state index in [4.69, 9.17) is 0 Å². The first-order valence-electron chi connectivity index (χ1n) is 15.8. The fourth-order valence-corrected chi connectivity index (χ4v) is 7.33.